The molecule has 32 heavy (non-hydrogen) atoms. The fraction of sp³-hybridized carbons (Fsp3) is 0.208. The molecule has 3 rings (SSSR count). The molecule has 0 saturated carbocycles. The second kappa shape index (κ2) is 9.82. The summed E-state index contributed by atoms with van der Waals surface area (Å²) in [7, 11) is -3.76. The zero-order chi connectivity index (χ0) is 23.3. The lowest BCUT2D eigenvalue weighted by Crippen LogP contribution is -2.31. The Labute approximate surface area is 187 Å². The largest absolute Gasteiger partial charge is 0.484 e. The lowest BCUT2D eigenvalue weighted by atomic mass is 10.1. The van der Waals surface area contributed by atoms with E-state index < -0.39 is 10.0 Å². The first-order valence-corrected chi connectivity index (χ1v) is 11.5. The Morgan fingerprint density at radius 1 is 0.969 bits per heavy atom. The highest BCUT2D eigenvalue weighted by Crippen LogP contribution is 2.21. The SMILES string of the molecule is Cc1cc(C)cc(NS(=O)(=O)c2ccc(OCC(=O)N[C@H](C)c3ccc(F)cc3)cc2)c1. The molecule has 1 atom stereocenters. The number of amides is 1. The topological polar surface area (TPSA) is 84.5 Å². The molecule has 2 N–H and O–H groups in total. The number of aryl methyl sites for hydroxylation is 2. The first-order chi connectivity index (χ1) is 15.1. The van der Waals surface area contributed by atoms with Crippen LogP contribution in [0.2, 0.25) is 0 Å². The van der Waals surface area contributed by atoms with Crippen LogP contribution in [0.15, 0.2) is 71.6 Å². The zero-order valence-corrected chi connectivity index (χ0v) is 18.9. The van der Waals surface area contributed by atoms with Gasteiger partial charge in [-0.15, -0.1) is 0 Å². The highest BCUT2D eigenvalue weighted by Gasteiger charge is 2.15. The Bertz CT molecular complexity index is 1170. The average molecular weight is 457 g/mol. The minimum absolute atomic E-state index is 0.0818. The van der Waals surface area contributed by atoms with Crippen LogP contribution < -0.4 is 14.8 Å². The number of carbonyl (C=O) groups excluding carboxylic acids is 1. The van der Waals surface area contributed by atoms with Crippen LogP contribution in [0.25, 0.3) is 0 Å². The van der Waals surface area contributed by atoms with Crippen LogP contribution in [0.1, 0.15) is 29.7 Å². The first kappa shape index (κ1) is 23.3. The maximum absolute atomic E-state index is 13.0. The third kappa shape index (κ3) is 6.31. The van der Waals surface area contributed by atoms with E-state index in [-0.39, 0.29) is 29.3 Å². The van der Waals surface area contributed by atoms with Gasteiger partial charge < -0.3 is 10.1 Å². The van der Waals surface area contributed by atoms with Crippen molar-refractivity contribution in [3.63, 3.8) is 0 Å². The highest BCUT2D eigenvalue weighted by molar-refractivity contribution is 7.92. The van der Waals surface area contributed by atoms with Crippen LogP contribution in [-0.2, 0) is 14.8 Å². The van der Waals surface area contributed by atoms with Crippen molar-refractivity contribution in [2.45, 2.75) is 31.7 Å². The Hall–Kier alpha value is -3.39. The summed E-state index contributed by atoms with van der Waals surface area (Å²) in [4.78, 5) is 12.2. The number of ether oxygens (including phenoxy) is 1. The quantitative estimate of drug-likeness (QED) is 0.523. The minimum atomic E-state index is -3.76. The van der Waals surface area contributed by atoms with E-state index in [1.165, 1.54) is 36.4 Å². The van der Waals surface area contributed by atoms with Crippen molar-refractivity contribution in [2.24, 2.45) is 0 Å². The van der Waals surface area contributed by atoms with Crippen molar-refractivity contribution in [1.29, 1.82) is 0 Å². The van der Waals surface area contributed by atoms with Crippen LogP contribution in [0.3, 0.4) is 0 Å². The molecule has 0 unspecified atom stereocenters. The van der Waals surface area contributed by atoms with Gasteiger partial charge in [0.2, 0.25) is 0 Å². The lowest BCUT2D eigenvalue weighted by Gasteiger charge is -2.15. The minimum Gasteiger partial charge on any atom is -0.484 e. The Morgan fingerprint density at radius 3 is 2.16 bits per heavy atom. The van der Waals surface area contributed by atoms with Crippen LogP contribution in [0, 0.1) is 19.7 Å². The van der Waals surface area contributed by atoms with Gasteiger partial charge >= 0.3 is 0 Å². The molecule has 3 aromatic carbocycles. The number of hydrogen-bond acceptors (Lipinski definition) is 4. The Morgan fingerprint density at radius 2 is 1.56 bits per heavy atom. The second-order valence-corrected chi connectivity index (χ2v) is 9.27. The van der Waals surface area contributed by atoms with Gasteiger partial charge in [-0.3, -0.25) is 9.52 Å². The van der Waals surface area contributed by atoms with Crippen molar-refractivity contribution in [3.8, 4) is 5.75 Å². The highest BCUT2D eigenvalue weighted by atomic mass is 32.2. The predicted octanol–water partition coefficient (Wildman–Crippen LogP) is 4.50. The van der Waals surface area contributed by atoms with Crippen molar-refractivity contribution in [2.75, 3.05) is 11.3 Å². The molecule has 0 saturated heterocycles. The van der Waals surface area contributed by atoms with E-state index in [1.54, 1.807) is 31.2 Å². The zero-order valence-electron chi connectivity index (χ0n) is 18.1. The Kier molecular flexibility index (Phi) is 7.15. The number of anilines is 1. The molecule has 0 aliphatic carbocycles. The first-order valence-electron chi connectivity index (χ1n) is 10.0. The van der Waals surface area contributed by atoms with Crippen LogP contribution >= 0.6 is 0 Å². The third-order valence-corrected chi connectivity index (χ3v) is 6.12. The van der Waals surface area contributed by atoms with E-state index in [9.17, 15) is 17.6 Å². The normalized spacial score (nSPS) is 12.1. The molecule has 8 heteroatoms. The maximum atomic E-state index is 13.0. The summed E-state index contributed by atoms with van der Waals surface area (Å²) in [6, 6.07) is 16.9. The van der Waals surface area contributed by atoms with E-state index in [4.69, 9.17) is 4.74 Å². The van der Waals surface area contributed by atoms with E-state index in [0.29, 0.717) is 11.4 Å². The van der Waals surface area contributed by atoms with E-state index in [1.807, 2.05) is 19.9 Å². The van der Waals surface area contributed by atoms with Crippen molar-refractivity contribution < 1.29 is 22.3 Å². The summed E-state index contributed by atoms with van der Waals surface area (Å²) in [6.45, 7) is 5.34. The number of hydrogen-bond donors (Lipinski definition) is 2. The van der Waals surface area contributed by atoms with E-state index >= 15 is 0 Å². The summed E-state index contributed by atoms with van der Waals surface area (Å²) in [6.07, 6.45) is 0. The molecule has 3 aromatic rings. The van der Waals surface area contributed by atoms with E-state index in [2.05, 4.69) is 10.0 Å². The van der Waals surface area contributed by atoms with Gasteiger partial charge in [0, 0.05) is 5.69 Å². The van der Waals surface area contributed by atoms with Crippen LogP contribution in [0.5, 0.6) is 5.75 Å². The van der Waals surface area contributed by atoms with Gasteiger partial charge in [0.15, 0.2) is 6.61 Å². The van der Waals surface area contributed by atoms with Gasteiger partial charge in [0.25, 0.3) is 15.9 Å². The summed E-state index contributed by atoms with van der Waals surface area (Å²) >= 11 is 0. The summed E-state index contributed by atoms with van der Waals surface area (Å²) < 4.78 is 46.3. The molecule has 0 aliphatic heterocycles. The van der Waals surface area contributed by atoms with Gasteiger partial charge in [-0.1, -0.05) is 18.2 Å². The third-order valence-electron chi connectivity index (χ3n) is 4.73. The predicted molar refractivity (Wildman–Crippen MR) is 122 cm³/mol. The molecular formula is C24H25FN2O4S. The standard InChI is InChI=1S/C24H25FN2O4S/c1-16-12-17(2)14-21(13-16)27-32(29,30)23-10-8-22(9-11-23)31-15-24(28)26-18(3)19-4-6-20(25)7-5-19/h4-14,18,27H,15H2,1-3H3,(H,26,28)/t18-/m1/s1. The summed E-state index contributed by atoms with van der Waals surface area (Å²) in [5.41, 5.74) is 3.18. The number of halogens is 1. The molecule has 0 fully saturated rings. The van der Waals surface area contributed by atoms with Crippen molar-refractivity contribution >= 4 is 21.6 Å². The van der Waals surface area contributed by atoms with Crippen molar-refractivity contribution in [1.82, 2.24) is 5.32 Å². The van der Waals surface area contributed by atoms with Gasteiger partial charge in [-0.05, 0) is 86.0 Å². The molecule has 1 amide bonds. The number of nitrogens with one attached hydrogen (secondary N) is 2. The molecule has 0 heterocycles. The number of sulfonamides is 1. The van der Waals surface area contributed by atoms with Crippen LogP contribution in [-0.4, -0.2) is 20.9 Å². The second-order valence-electron chi connectivity index (χ2n) is 7.58. The maximum Gasteiger partial charge on any atom is 0.261 e. The molecular weight excluding hydrogens is 431 g/mol. The molecule has 0 aromatic heterocycles. The summed E-state index contributed by atoms with van der Waals surface area (Å²) in [5, 5.41) is 2.77. The summed E-state index contributed by atoms with van der Waals surface area (Å²) in [5.74, 6) is -0.333. The lowest BCUT2D eigenvalue weighted by molar-refractivity contribution is -0.123. The number of rotatable bonds is 8. The fourth-order valence-corrected chi connectivity index (χ4v) is 4.27. The molecule has 0 bridgehead atoms. The van der Waals surface area contributed by atoms with Crippen LogP contribution in [0.4, 0.5) is 10.1 Å². The van der Waals surface area contributed by atoms with E-state index in [0.717, 1.165) is 16.7 Å². The van der Waals surface area contributed by atoms with Crippen molar-refractivity contribution in [3.05, 3.63) is 89.2 Å². The molecule has 0 radical (unpaired) electrons. The smallest absolute Gasteiger partial charge is 0.261 e. The number of carbonyl (C=O) groups is 1. The van der Waals surface area contributed by atoms with Gasteiger partial charge in [0.1, 0.15) is 11.6 Å². The molecule has 0 aliphatic rings. The molecule has 6 nitrogen and oxygen atoms in total. The Balaban J connectivity index is 1.56. The number of benzene rings is 3. The average Bonchev–Trinajstić information content (AvgIpc) is 2.72. The fourth-order valence-electron chi connectivity index (χ4n) is 3.23. The van der Waals surface area contributed by atoms with Gasteiger partial charge in [-0.2, -0.15) is 0 Å². The molecule has 168 valence electrons. The monoisotopic (exact) mass is 456 g/mol. The van der Waals surface area contributed by atoms with Gasteiger partial charge in [-0.25, -0.2) is 12.8 Å². The van der Waals surface area contributed by atoms with Gasteiger partial charge in [0.05, 0.1) is 10.9 Å². The molecule has 0 spiro atoms.